The Morgan fingerprint density at radius 1 is 1.54 bits per heavy atom. The Bertz CT molecular complexity index is 308. The smallest absolute Gasteiger partial charge is 0.351 e. The lowest BCUT2D eigenvalue weighted by molar-refractivity contribution is -0.143. The van der Waals surface area contributed by atoms with Crippen LogP contribution < -0.4 is 0 Å². The number of carbonyl (C=O) groups excluding carboxylic acids is 1. The van der Waals surface area contributed by atoms with E-state index in [4.69, 9.17) is 4.74 Å². The van der Waals surface area contributed by atoms with E-state index in [9.17, 15) is 9.00 Å². The van der Waals surface area contributed by atoms with Gasteiger partial charge in [0.15, 0.2) is 16.0 Å². The van der Waals surface area contributed by atoms with Crippen molar-refractivity contribution < 1.29 is 17.9 Å². The van der Waals surface area contributed by atoms with Crippen molar-refractivity contribution in [2.24, 2.45) is 0 Å². The van der Waals surface area contributed by atoms with Gasteiger partial charge in [0.1, 0.15) is 5.60 Å². The number of halogens is 1. The SMILES string of the molecule is COS(=O)C1=C(Br)C(C)(C)OC1=O. The van der Waals surface area contributed by atoms with Gasteiger partial charge in [-0.3, -0.25) is 4.18 Å². The Labute approximate surface area is 87.1 Å². The van der Waals surface area contributed by atoms with Crippen LogP contribution in [0.2, 0.25) is 0 Å². The molecule has 0 saturated heterocycles. The Morgan fingerprint density at radius 2 is 2.08 bits per heavy atom. The van der Waals surface area contributed by atoms with Crippen molar-refractivity contribution in [3.63, 3.8) is 0 Å². The maximum absolute atomic E-state index is 11.2. The molecule has 0 bridgehead atoms. The van der Waals surface area contributed by atoms with Crippen LogP contribution in [-0.2, 0) is 24.8 Å². The van der Waals surface area contributed by atoms with E-state index in [-0.39, 0.29) is 4.91 Å². The van der Waals surface area contributed by atoms with Crippen LogP contribution in [0.3, 0.4) is 0 Å². The highest BCUT2D eigenvalue weighted by molar-refractivity contribution is 9.11. The molecule has 0 spiro atoms. The van der Waals surface area contributed by atoms with E-state index >= 15 is 0 Å². The van der Waals surface area contributed by atoms with Crippen LogP contribution in [0.1, 0.15) is 13.8 Å². The molecule has 0 radical (unpaired) electrons. The summed E-state index contributed by atoms with van der Waals surface area (Å²) >= 11 is 1.42. The number of hydrogen-bond acceptors (Lipinski definition) is 4. The highest BCUT2D eigenvalue weighted by Gasteiger charge is 2.42. The maximum Gasteiger partial charge on any atom is 0.351 e. The molecule has 74 valence electrons. The van der Waals surface area contributed by atoms with Gasteiger partial charge in [0, 0.05) is 0 Å². The molecule has 1 aliphatic rings. The summed E-state index contributed by atoms with van der Waals surface area (Å²) in [4.78, 5) is 11.3. The second-order valence-electron chi connectivity index (χ2n) is 2.94. The fourth-order valence-corrected chi connectivity index (χ4v) is 2.29. The van der Waals surface area contributed by atoms with Crippen molar-refractivity contribution in [2.75, 3.05) is 7.11 Å². The summed E-state index contributed by atoms with van der Waals surface area (Å²) < 4.78 is 21.2. The third-order valence-corrected chi connectivity index (χ3v) is 4.20. The molecule has 13 heavy (non-hydrogen) atoms. The maximum atomic E-state index is 11.2. The third kappa shape index (κ3) is 1.84. The van der Waals surface area contributed by atoms with Gasteiger partial charge in [-0.25, -0.2) is 9.00 Å². The summed E-state index contributed by atoms with van der Waals surface area (Å²) in [6.07, 6.45) is 0. The van der Waals surface area contributed by atoms with Gasteiger partial charge in [-0.05, 0) is 29.8 Å². The van der Waals surface area contributed by atoms with E-state index < -0.39 is 22.7 Å². The molecule has 1 heterocycles. The standard InChI is InChI=1S/C7H9BrO4S/c1-7(2)5(8)4(6(9)12-7)13(10)11-3/h1-3H3. The van der Waals surface area contributed by atoms with Crippen molar-refractivity contribution in [3.05, 3.63) is 9.39 Å². The van der Waals surface area contributed by atoms with Gasteiger partial charge in [0.2, 0.25) is 0 Å². The van der Waals surface area contributed by atoms with E-state index in [1.165, 1.54) is 7.11 Å². The quantitative estimate of drug-likeness (QED) is 0.708. The number of cyclic esters (lactones) is 1. The number of esters is 1. The van der Waals surface area contributed by atoms with E-state index in [1.54, 1.807) is 13.8 Å². The first-order valence-electron chi connectivity index (χ1n) is 3.50. The molecule has 0 aromatic carbocycles. The van der Waals surface area contributed by atoms with Crippen molar-refractivity contribution in [2.45, 2.75) is 19.4 Å². The number of rotatable bonds is 2. The molecule has 1 unspecified atom stereocenters. The minimum atomic E-state index is -1.75. The van der Waals surface area contributed by atoms with Crippen molar-refractivity contribution in [1.82, 2.24) is 0 Å². The van der Waals surface area contributed by atoms with Crippen LogP contribution in [0.25, 0.3) is 0 Å². The molecule has 4 nitrogen and oxygen atoms in total. The molecule has 0 amide bonds. The Hall–Kier alpha value is -0.200. The first-order valence-corrected chi connectivity index (χ1v) is 5.36. The average Bonchev–Trinajstić information content (AvgIpc) is 2.21. The van der Waals surface area contributed by atoms with Gasteiger partial charge >= 0.3 is 5.97 Å². The topological polar surface area (TPSA) is 52.6 Å². The summed E-state index contributed by atoms with van der Waals surface area (Å²) in [5, 5.41) is 0. The van der Waals surface area contributed by atoms with E-state index in [2.05, 4.69) is 20.1 Å². The largest absolute Gasteiger partial charge is 0.450 e. The molecular weight excluding hydrogens is 260 g/mol. The monoisotopic (exact) mass is 268 g/mol. The summed E-state index contributed by atoms with van der Waals surface area (Å²) in [6, 6.07) is 0. The Balaban J connectivity index is 3.13. The third-order valence-electron chi connectivity index (χ3n) is 1.58. The van der Waals surface area contributed by atoms with Gasteiger partial charge in [-0.2, -0.15) is 0 Å². The number of hydrogen-bond donors (Lipinski definition) is 0. The molecule has 0 aromatic heterocycles. The predicted molar refractivity (Wildman–Crippen MR) is 51.3 cm³/mol. The van der Waals surface area contributed by atoms with Gasteiger partial charge in [-0.15, -0.1) is 0 Å². The van der Waals surface area contributed by atoms with Gasteiger partial charge in [-0.1, -0.05) is 0 Å². The first-order chi connectivity index (χ1) is 5.90. The number of ether oxygens (including phenoxy) is 1. The zero-order valence-corrected chi connectivity index (χ0v) is 9.82. The summed E-state index contributed by atoms with van der Waals surface area (Å²) in [5.41, 5.74) is -0.749. The van der Waals surface area contributed by atoms with Gasteiger partial charge in [0.25, 0.3) is 0 Å². The van der Waals surface area contributed by atoms with E-state index in [1.807, 2.05) is 0 Å². The van der Waals surface area contributed by atoms with Gasteiger partial charge < -0.3 is 4.74 Å². The zero-order valence-electron chi connectivity index (χ0n) is 7.42. The Morgan fingerprint density at radius 3 is 2.38 bits per heavy atom. The van der Waals surface area contributed by atoms with Crippen molar-refractivity contribution >= 4 is 33.0 Å². The lowest BCUT2D eigenvalue weighted by Gasteiger charge is -2.16. The van der Waals surface area contributed by atoms with Gasteiger partial charge in [0.05, 0.1) is 11.6 Å². The normalized spacial score (nSPS) is 23.2. The molecule has 1 aliphatic heterocycles. The average molecular weight is 269 g/mol. The molecule has 6 heteroatoms. The van der Waals surface area contributed by atoms with E-state index in [0.29, 0.717) is 4.48 Å². The second-order valence-corrected chi connectivity index (χ2v) is 4.95. The lowest BCUT2D eigenvalue weighted by atomic mass is 10.1. The summed E-state index contributed by atoms with van der Waals surface area (Å²) in [5.74, 6) is -0.600. The molecule has 0 aromatic rings. The highest BCUT2D eigenvalue weighted by atomic mass is 79.9. The molecule has 0 N–H and O–H groups in total. The van der Waals surface area contributed by atoms with Crippen LogP contribution in [0.4, 0.5) is 0 Å². The minimum Gasteiger partial charge on any atom is -0.450 e. The number of carbonyl (C=O) groups is 1. The minimum absolute atomic E-state index is 0.0486. The van der Waals surface area contributed by atoms with E-state index in [0.717, 1.165) is 0 Å². The van der Waals surface area contributed by atoms with Crippen LogP contribution in [-0.4, -0.2) is 22.9 Å². The predicted octanol–water partition coefficient (Wildman–Crippen LogP) is 1.24. The van der Waals surface area contributed by atoms with Crippen LogP contribution in [0, 0.1) is 0 Å². The zero-order chi connectivity index (χ0) is 10.2. The molecule has 0 aliphatic carbocycles. The van der Waals surface area contributed by atoms with Crippen LogP contribution in [0.15, 0.2) is 9.39 Å². The second kappa shape index (κ2) is 3.51. The molecule has 0 saturated carbocycles. The molecule has 1 rings (SSSR count). The van der Waals surface area contributed by atoms with Crippen molar-refractivity contribution in [3.8, 4) is 0 Å². The Kier molecular flexibility index (Phi) is 2.94. The fourth-order valence-electron chi connectivity index (χ4n) is 0.910. The summed E-state index contributed by atoms with van der Waals surface area (Å²) in [6.45, 7) is 3.41. The first kappa shape index (κ1) is 10.9. The van der Waals surface area contributed by atoms with Crippen molar-refractivity contribution in [1.29, 1.82) is 0 Å². The highest BCUT2D eigenvalue weighted by Crippen LogP contribution is 2.37. The lowest BCUT2D eigenvalue weighted by Crippen LogP contribution is -2.20. The molecular formula is C7H9BrO4S. The van der Waals surface area contributed by atoms with Crippen LogP contribution >= 0.6 is 15.9 Å². The summed E-state index contributed by atoms with van der Waals surface area (Å²) in [7, 11) is 1.27. The van der Waals surface area contributed by atoms with Crippen LogP contribution in [0.5, 0.6) is 0 Å². The molecule has 0 fully saturated rings. The fraction of sp³-hybridized carbons (Fsp3) is 0.571. The molecule has 1 atom stereocenters.